The quantitative estimate of drug-likeness (QED) is 0.692. The van der Waals surface area contributed by atoms with E-state index < -0.39 is 0 Å². The zero-order valence-corrected chi connectivity index (χ0v) is 14.5. The van der Waals surface area contributed by atoms with Crippen molar-refractivity contribution in [2.45, 2.75) is 26.5 Å². The molecule has 2 rings (SSSR count). The van der Waals surface area contributed by atoms with Gasteiger partial charge in [-0.3, -0.25) is 0 Å². The number of hydrogen-bond acceptors (Lipinski definition) is 3. The first kappa shape index (κ1) is 17.8. The Morgan fingerprint density at radius 2 is 2.00 bits per heavy atom. The van der Waals surface area contributed by atoms with Gasteiger partial charge in [0.1, 0.15) is 12.4 Å². The van der Waals surface area contributed by atoms with Gasteiger partial charge < -0.3 is 14.8 Å². The zero-order valence-electron chi connectivity index (χ0n) is 13.8. The summed E-state index contributed by atoms with van der Waals surface area (Å²) in [6.07, 6.45) is 0.983. The molecule has 0 fully saturated rings. The lowest BCUT2D eigenvalue weighted by atomic mass is 10.1. The van der Waals surface area contributed by atoms with E-state index in [-0.39, 0.29) is 0 Å². The Balaban J connectivity index is 1.94. The maximum atomic E-state index is 6.11. The third kappa shape index (κ3) is 6.22. The Kier molecular flexibility index (Phi) is 7.40. The maximum absolute atomic E-state index is 6.11. The summed E-state index contributed by atoms with van der Waals surface area (Å²) >= 11 is 6.11. The van der Waals surface area contributed by atoms with Crippen LogP contribution < -0.4 is 10.1 Å². The second kappa shape index (κ2) is 9.56. The molecule has 2 aromatic carbocycles. The highest BCUT2D eigenvalue weighted by molar-refractivity contribution is 6.30. The smallest absolute Gasteiger partial charge is 0.124 e. The van der Waals surface area contributed by atoms with Crippen LogP contribution in [0, 0.1) is 6.92 Å². The minimum Gasteiger partial charge on any atom is -0.489 e. The monoisotopic (exact) mass is 333 g/mol. The summed E-state index contributed by atoms with van der Waals surface area (Å²) in [7, 11) is 1.72. The lowest BCUT2D eigenvalue weighted by Crippen LogP contribution is -2.16. The maximum Gasteiger partial charge on any atom is 0.124 e. The van der Waals surface area contributed by atoms with Crippen molar-refractivity contribution in [3.8, 4) is 5.75 Å². The van der Waals surface area contributed by atoms with Crippen LogP contribution in [0.2, 0.25) is 5.02 Å². The Morgan fingerprint density at radius 3 is 2.78 bits per heavy atom. The molecule has 0 radical (unpaired) electrons. The number of benzene rings is 2. The molecule has 1 N–H and O–H groups in total. The van der Waals surface area contributed by atoms with E-state index in [2.05, 4.69) is 30.4 Å². The van der Waals surface area contributed by atoms with E-state index >= 15 is 0 Å². The molecule has 0 saturated heterocycles. The van der Waals surface area contributed by atoms with Gasteiger partial charge in [-0.15, -0.1) is 0 Å². The highest BCUT2D eigenvalue weighted by Gasteiger charge is 2.05. The normalized spacial score (nSPS) is 10.7. The molecule has 0 aliphatic carbocycles. The molecule has 0 aromatic heterocycles. The van der Waals surface area contributed by atoms with Gasteiger partial charge >= 0.3 is 0 Å². The van der Waals surface area contributed by atoms with Crippen molar-refractivity contribution < 1.29 is 9.47 Å². The number of nitrogens with one attached hydrogen (secondary N) is 1. The van der Waals surface area contributed by atoms with Crippen LogP contribution in [0.1, 0.15) is 23.1 Å². The van der Waals surface area contributed by atoms with Gasteiger partial charge in [0.05, 0.1) is 0 Å². The van der Waals surface area contributed by atoms with Crippen molar-refractivity contribution in [1.82, 2.24) is 5.32 Å². The van der Waals surface area contributed by atoms with Crippen LogP contribution in [0.4, 0.5) is 0 Å². The first-order chi connectivity index (χ1) is 11.2. The average molecular weight is 334 g/mol. The summed E-state index contributed by atoms with van der Waals surface area (Å²) in [5, 5.41) is 4.12. The molecule has 124 valence electrons. The number of aryl methyl sites for hydroxylation is 1. The van der Waals surface area contributed by atoms with E-state index in [4.69, 9.17) is 21.1 Å². The van der Waals surface area contributed by atoms with Gasteiger partial charge in [-0.25, -0.2) is 0 Å². The Morgan fingerprint density at radius 1 is 1.13 bits per heavy atom. The Labute approximate surface area is 143 Å². The fraction of sp³-hybridized carbons (Fsp3) is 0.368. The molecule has 2 aromatic rings. The molecule has 0 unspecified atom stereocenters. The molecular weight excluding hydrogens is 310 g/mol. The van der Waals surface area contributed by atoms with Crippen molar-refractivity contribution in [3.05, 3.63) is 64.2 Å². The van der Waals surface area contributed by atoms with E-state index in [0.717, 1.165) is 42.5 Å². The predicted octanol–water partition coefficient (Wildman–Crippen LogP) is 4.35. The van der Waals surface area contributed by atoms with Gasteiger partial charge in [0.25, 0.3) is 0 Å². The highest BCUT2D eigenvalue weighted by Crippen LogP contribution is 2.24. The van der Waals surface area contributed by atoms with E-state index in [0.29, 0.717) is 6.61 Å². The van der Waals surface area contributed by atoms with Gasteiger partial charge in [-0.2, -0.15) is 0 Å². The van der Waals surface area contributed by atoms with Crippen LogP contribution in [0.15, 0.2) is 42.5 Å². The van der Waals surface area contributed by atoms with E-state index in [1.165, 1.54) is 11.1 Å². The molecule has 0 spiro atoms. The summed E-state index contributed by atoms with van der Waals surface area (Å²) in [6.45, 7) is 5.03. The van der Waals surface area contributed by atoms with Gasteiger partial charge in [0, 0.05) is 30.8 Å². The molecule has 4 heteroatoms. The fourth-order valence-corrected chi connectivity index (χ4v) is 2.55. The summed E-state index contributed by atoms with van der Waals surface area (Å²) in [5.41, 5.74) is 3.48. The van der Waals surface area contributed by atoms with Crippen LogP contribution in [-0.4, -0.2) is 20.3 Å². The number of rotatable bonds is 9. The Hall–Kier alpha value is -1.55. The second-order valence-corrected chi connectivity index (χ2v) is 5.99. The van der Waals surface area contributed by atoms with Crippen molar-refractivity contribution in [1.29, 1.82) is 0 Å². The van der Waals surface area contributed by atoms with Gasteiger partial charge in [-0.1, -0.05) is 41.4 Å². The third-order valence-electron chi connectivity index (χ3n) is 3.52. The first-order valence-corrected chi connectivity index (χ1v) is 8.23. The van der Waals surface area contributed by atoms with Crippen LogP contribution in [0.3, 0.4) is 0 Å². The third-order valence-corrected chi connectivity index (χ3v) is 3.75. The SMILES string of the molecule is COCCCNCc1cc(Cl)ccc1OCc1cccc(C)c1. The predicted molar refractivity (Wildman–Crippen MR) is 95.2 cm³/mol. The molecule has 0 amide bonds. The molecule has 0 saturated carbocycles. The minimum atomic E-state index is 0.556. The van der Waals surface area contributed by atoms with E-state index in [1.807, 2.05) is 24.3 Å². The molecule has 0 bridgehead atoms. The fourth-order valence-electron chi connectivity index (χ4n) is 2.35. The van der Waals surface area contributed by atoms with Crippen LogP contribution in [0.5, 0.6) is 5.75 Å². The largest absolute Gasteiger partial charge is 0.489 e. The molecule has 0 aliphatic heterocycles. The lowest BCUT2D eigenvalue weighted by Gasteiger charge is -2.13. The standard InChI is InChI=1S/C19H24ClNO2/c1-15-5-3-6-16(11-15)14-23-19-8-7-18(20)12-17(19)13-21-9-4-10-22-2/h3,5-8,11-12,21H,4,9-10,13-14H2,1-2H3. The zero-order chi connectivity index (χ0) is 16.5. The number of hydrogen-bond donors (Lipinski definition) is 1. The minimum absolute atomic E-state index is 0.556. The van der Waals surface area contributed by atoms with Crippen molar-refractivity contribution in [2.75, 3.05) is 20.3 Å². The van der Waals surface area contributed by atoms with Crippen LogP contribution in [-0.2, 0) is 17.9 Å². The van der Waals surface area contributed by atoms with Crippen molar-refractivity contribution in [3.63, 3.8) is 0 Å². The summed E-state index contributed by atoms with van der Waals surface area (Å²) in [5.74, 6) is 0.871. The lowest BCUT2D eigenvalue weighted by molar-refractivity contribution is 0.194. The number of methoxy groups -OCH3 is 1. The second-order valence-electron chi connectivity index (χ2n) is 5.55. The van der Waals surface area contributed by atoms with Gasteiger partial charge in [0.2, 0.25) is 0 Å². The summed E-state index contributed by atoms with van der Waals surface area (Å²) < 4.78 is 11.0. The number of halogens is 1. The molecule has 3 nitrogen and oxygen atoms in total. The topological polar surface area (TPSA) is 30.5 Å². The molecule has 0 atom stereocenters. The summed E-state index contributed by atoms with van der Waals surface area (Å²) in [6, 6.07) is 14.1. The van der Waals surface area contributed by atoms with Gasteiger partial charge in [-0.05, 0) is 43.7 Å². The van der Waals surface area contributed by atoms with Crippen LogP contribution in [0.25, 0.3) is 0 Å². The average Bonchev–Trinajstić information content (AvgIpc) is 2.54. The highest BCUT2D eigenvalue weighted by atomic mass is 35.5. The first-order valence-electron chi connectivity index (χ1n) is 7.85. The van der Waals surface area contributed by atoms with Crippen molar-refractivity contribution >= 4 is 11.6 Å². The van der Waals surface area contributed by atoms with Crippen LogP contribution >= 0.6 is 11.6 Å². The Bertz CT molecular complexity index is 616. The molecule has 0 aliphatic rings. The van der Waals surface area contributed by atoms with E-state index in [9.17, 15) is 0 Å². The molecule has 23 heavy (non-hydrogen) atoms. The molecule has 0 heterocycles. The number of ether oxygens (including phenoxy) is 2. The van der Waals surface area contributed by atoms with E-state index in [1.54, 1.807) is 7.11 Å². The summed E-state index contributed by atoms with van der Waals surface area (Å²) in [4.78, 5) is 0. The van der Waals surface area contributed by atoms with Gasteiger partial charge in [0.15, 0.2) is 0 Å². The molecular formula is C19H24ClNO2. The van der Waals surface area contributed by atoms with Crippen molar-refractivity contribution in [2.24, 2.45) is 0 Å².